The zero-order valence-corrected chi connectivity index (χ0v) is 6.46. The molecular weight excluding hydrogens is 132 g/mol. The molecule has 3 heteroatoms. The van der Waals surface area contributed by atoms with E-state index in [1.807, 2.05) is 13.1 Å². The molecule has 0 aliphatic heterocycles. The van der Waals surface area contributed by atoms with E-state index in [0.717, 1.165) is 16.6 Å². The second-order valence-corrected chi connectivity index (χ2v) is 3.01. The Balaban J connectivity index is 2.61. The van der Waals surface area contributed by atoms with E-state index in [4.69, 9.17) is 0 Å². The lowest BCUT2D eigenvalue weighted by atomic mass is 10.7. The number of hydrogen-bond donors (Lipinski definition) is 1. The molecule has 0 radical (unpaired) electrons. The van der Waals surface area contributed by atoms with Crippen molar-refractivity contribution in [3.63, 3.8) is 0 Å². The summed E-state index contributed by atoms with van der Waals surface area (Å²) >= 11 is 1.69. The molecule has 0 atom stereocenters. The van der Waals surface area contributed by atoms with Crippen LogP contribution in [0.2, 0.25) is 0 Å². The van der Waals surface area contributed by atoms with E-state index in [1.54, 1.807) is 11.3 Å². The Kier molecular flexibility index (Phi) is 2.05. The van der Waals surface area contributed by atoms with Gasteiger partial charge in [0.25, 0.3) is 0 Å². The molecule has 0 bridgehead atoms. The van der Waals surface area contributed by atoms with E-state index in [2.05, 4.69) is 17.2 Å². The largest absolute Gasteiger partial charge is 0.376 e. The average molecular weight is 142 g/mol. The van der Waals surface area contributed by atoms with Crippen LogP contribution in [0, 0.1) is 6.92 Å². The van der Waals surface area contributed by atoms with Crippen LogP contribution in [0.5, 0.6) is 0 Å². The maximum atomic E-state index is 4.09. The maximum absolute atomic E-state index is 4.09. The fourth-order valence-corrected chi connectivity index (χ4v) is 1.36. The number of nitrogens with one attached hydrogen (secondary N) is 1. The summed E-state index contributed by atoms with van der Waals surface area (Å²) in [7, 11) is 0. The van der Waals surface area contributed by atoms with Crippen molar-refractivity contribution in [3.8, 4) is 0 Å². The summed E-state index contributed by atoms with van der Waals surface area (Å²) < 4.78 is 0. The molecule has 1 rings (SSSR count). The van der Waals surface area contributed by atoms with Gasteiger partial charge in [0.1, 0.15) is 5.00 Å². The first-order valence-corrected chi connectivity index (χ1v) is 3.81. The van der Waals surface area contributed by atoms with E-state index in [1.165, 1.54) is 0 Å². The van der Waals surface area contributed by atoms with Gasteiger partial charge in [-0.05, 0) is 13.8 Å². The van der Waals surface area contributed by atoms with Crippen molar-refractivity contribution in [1.29, 1.82) is 0 Å². The molecule has 0 saturated heterocycles. The van der Waals surface area contributed by atoms with Gasteiger partial charge < -0.3 is 5.32 Å². The number of hydrogen-bond acceptors (Lipinski definition) is 3. The molecule has 0 aliphatic rings. The maximum Gasteiger partial charge on any atom is 0.109 e. The number of aromatic nitrogens is 1. The highest BCUT2D eigenvalue weighted by atomic mass is 32.1. The second-order valence-electron chi connectivity index (χ2n) is 1.77. The van der Waals surface area contributed by atoms with Crippen molar-refractivity contribution in [2.45, 2.75) is 13.8 Å². The van der Waals surface area contributed by atoms with Crippen LogP contribution in [0.3, 0.4) is 0 Å². The van der Waals surface area contributed by atoms with Gasteiger partial charge in [0.15, 0.2) is 0 Å². The second kappa shape index (κ2) is 2.82. The first-order chi connectivity index (χ1) is 4.33. The van der Waals surface area contributed by atoms with Gasteiger partial charge in [0.2, 0.25) is 0 Å². The fraction of sp³-hybridized carbons (Fsp3) is 0.500. The summed E-state index contributed by atoms with van der Waals surface area (Å²) in [6, 6.07) is 0. The molecule has 0 unspecified atom stereocenters. The minimum absolute atomic E-state index is 0.974. The Hall–Kier alpha value is -0.570. The van der Waals surface area contributed by atoms with Gasteiger partial charge in [-0.2, -0.15) is 0 Å². The number of nitrogens with zero attached hydrogens (tertiary/aromatic N) is 1. The molecule has 1 aromatic heterocycles. The van der Waals surface area contributed by atoms with Gasteiger partial charge in [0, 0.05) is 6.54 Å². The Morgan fingerprint density at radius 1 is 1.78 bits per heavy atom. The van der Waals surface area contributed by atoms with E-state index >= 15 is 0 Å². The molecule has 1 aromatic rings. The summed E-state index contributed by atoms with van der Waals surface area (Å²) in [5.41, 5.74) is 0. The molecule has 2 nitrogen and oxygen atoms in total. The van der Waals surface area contributed by atoms with Crippen LogP contribution < -0.4 is 5.32 Å². The Morgan fingerprint density at radius 2 is 2.56 bits per heavy atom. The molecule has 9 heavy (non-hydrogen) atoms. The lowest BCUT2D eigenvalue weighted by Gasteiger charge is -1.92. The first kappa shape index (κ1) is 6.55. The van der Waals surface area contributed by atoms with Crippen LogP contribution in [-0.2, 0) is 0 Å². The summed E-state index contributed by atoms with van der Waals surface area (Å²) in [6.07, 6.45) is 1.86. The van der Waals surface area contributed by atoms with Gasteiger partial charge >= 0.3 is 0 Å². The molecule has 0 amide bonds. The third-order valence-electron chi connectivity index (χ3n) is 0.972. The van der Waals surface area contributed by atoms with Gasteiger partial charge in [0.05, 0.1) is 11.2 Å². The highest BCUT2D eigenvalue weighted by Crippen LogP contribution is 2.16. The topological polar surface area (TPSA) is 24.9 Å². The van der Waals surface area contributed by atoms with Gasteiger partial charge in [-0.1, -0.05) is 0 Å². The fourth-order valence-electron chi connectivity index (χ4n) is 0.617. The predicted octanol–water partition coefficient (Wildman–Crippen LogP) is 1.88. The minimum atomic E-state index is 0.974. The predicted molar refractivity (Wildman–Crippen MR) is 41.0 cm³/mol. The smallest absolute Gasteiger partial charge is 0.109 e. The molecule has 1 N–H and O–H groups in total. The third kappa shape index (κ3) is 1.68. The van der Waals surface area contributed by atoms with Crippen LogP contribution >= 0.6 is 11.3 Å². The Labute approximate surface area is 58.9 Å². The van der Waals surface area contributed by atoms with Gasteiger partial charge in [-0.3, -0.25) is 0 Å². The minimum Gasteiger partial charge on any atom is -0.376 e. The van der Waals surface area contributed by atoms with Crippen molar-refractivity contribution >= 4 is 16.3 Å². The number of rotatable bonds is 2. The summed E-state index contributed by atoms with van der Waals surface area (Å²) in [5.74, 6) is 0. The normalized spacial score (nSPS) is 9.56. The number of aryl methyl sites for hydroxylation is 1. The molecule has 0 fully saturated rings. The monoisotopic (exact) mass is 142 g/mol. The Bertz CT molecular complexity index is 183. The van der Waals surface area contributed by atoms with Crippen molar-refractivity contribution in [2.24, 2.45) is 0 Å². The molecule has 0 aromatic carbocycles. The quantitative estimate of drug-likeness (QED) is 0.682. The highest BCUT2D eigenvalue weighted by molar-refractivity contribution is 7.15. The zero-order valence-electron chi connectivity index (χ0n) is 5.64. The molecule has 50 valence electrons. The standard InChI is InChI=1S/C6H10N2S/c1-3-7-6-4-8-5(2)9-6/h4,7H,3H2,1-2H3. The van der Waals surface area contributed by atoms with Crippen molar-refractivity contribution in [1.82, 2.24) is 4.98 Å². The highest BCUT2D eigenvalue weighted by Gasteiger charge is 1.92. The van der Waals surface area contributed by atoms with E-state index < -0.39 is 0 Å². The van der Waals surface area contributed by atoms with Crippen LogP contribution in [0.4, 0.5) is 5.00 Å². The molecule has 0 aliphatic carbocycles. The average Bonchev–Trinajstić information content (AvgIpc) is 2.17. The van der Waals surface area contributed by atoms with Crippen LogP contribution in [0.15, 0.2) is 6.20 Å². The van der Waals surface area contributed by atoms with E-state index in [-0.39, 0.29) is 0 Å². The summed E-state index contributed by atoms with van der Waals surface area (Å²) in [4.78, 5) is 4.09. The lowest BCUT2D eigenvalue weighted by Crippen LogP contribution is -1.92. The van der Waals surface area contributed by atoms with Crippen LogP contribution in [0.25, 0.3) is 0 Å². The molecule has 0 saturated carbocycles. The SMILES string of the molecule is CCNc1cnc(C)s1. The zero-order chi connectivity index (χ0) is 6.69. The van der Waals surface area contributed by atoms with Gasteiger partial charge in [-0.15, -0.1) is 11.3 Å². The number of anilines is 1. The third-order valence-corrected chi connectivity index (χ3v) is 1.84. The van der Waals surface area contributed by atoms with Crippen molar-refractivity contribution < 1.29 is 0 Å². The van der Waals surface area contributed by atoms with Crippen molar-refractivity contribution in [3.05, 3.63) is 11.2 Å². The van der Waals surface area contributed by atoms with Gasteiger partial charge in [-0.25, -0.2) is 4.98 Å². The first-order valence-electron chi connectivity index (χ1n) is 2.99. The molecule has 1 heterocycles. The number of thiazole rings is 1. The van der Waals surface area contributed by atoms with Crippen LogP contribution in [0.1, 0.15) is 11.9 Å². The summed E-state index contributed by atoms with van der Waals surface area (Å²) in [6.45, 7) is 5.06. The van der Waals surface area contributed by atoms with E-state index in [0.29, 0.717) is 0 Å². The van der Waals surface area contributed by atoms with Crippen LogP contribution in [-0.4, -0.2) is 11.5 Å². The van der Waals surface area contributed by atoms with E-state index in [9.17, 15) is 0 Å². The molecular formula is C6H10N2S. The molecule has 0 spiro atoms. The summed E-state index contributed by atoms with van der Waals surface area (Å²) in [5, 5.41) is 5.46. The lowest BCUT2D eigenvalue weighted by molar-refractivity contribution is 1.21. The Morgan fingerprint density at radius 3 is 3.00 bits per heavy atom. The van der Waals surface area contributed by atoms with Crippen molar-refractivity contribution in [2.75, 3.05) is 11.9 Å².